The first-order chi connectivity index (χ1) is 9.36. The minimum Gasteiger partial charge on any atom is -0.380 e. The van der Waals surface area contributed by atoms with Crippen LogP contribution in [0, 0.1) is 10.1 Å². The van der Waals surface area contributed by atoms with Crippen LogP contribution < -0.4 is 5.32 Å². The summed E-state index contributed by atoms with van der Waals surface area (Å²) in [4.78, 5) is 23.8. The number of nitro benzene ring substituents is 1. The number of hydrogen-bond donors (Lipinski definition) is 1. The third-order valence-corrected chi connectivity index (χ3v) is 2.83. The number of carbonyl (C=O) groups is 1. The van der Waals surface area contributed by atoms with Gasteiger partial charge in [-0.15, -0.1) is 0 Å². The molecule has 1 amide bonds. The maximum absolute atomic E-state index is 11.8. The summed E-state index contributed by atoms with van der Waals surface area (Å²) in [6.45, 7) is 2.29. The number of anilines is 1. The van der Waals surface area contributed by atoms with Gasteiger partial charge in [0.1, 0.15) is 5.69 Å². The van der Waals surface area contributed by atoms with Gasteiger partial charge in [0, 0.05) is 39.4 Å². The Balaban J connectivity index is 3.02. The molecule has 7 heteroatoms. The van der Waals surface area contributed by atoms with Gasteiger partial charge >= 0.3 is 0 Å². The van der Waals surface area contributed by atoms with Gasteiger partial charge in [-0.3, -0.25) is 14.9 Å². The van der Waals surface area contributed by atoms with Crippen molar-refractivity contribution < 1.29 is 14.5 Å². The van der Waals surface area contributed by atoms with Crippen LogP contribution in [-0.4, -0.2) is 49.6 Å². The second kappa shape index (κ2) is 6.85. The zero-order valence-electron chi connectivity index (χ0n) is 12.0. The van der Waals surface area contributed by atoms with Gasteiger partial charge in [0.25, 0.3) is 11.6 Å². The summed E-state index contributed by atoms with van der Waals surface area (Å²) in [5.41, 5.74) is 0.530. The maximum Gasteiger partial charge on any atom is 0.293 e. The molecule has 0 aliphatic heterocycles. The van der Waals surface area contributed by atoms with Crippen molar-refractivity contribution in [2.45, 2.75) is 13.0 Å². The summed E-state index contributed by atoms with van der Waals surface area (Å²) in [6, 6.07) is 4.38. The largest absolute Gasteiger partial charge is 0.380 e. The first-order valence-corrected chi connectivity index (χ1v) is 6.13. The van der Waals surface area contributed by atoms with Gasteiger partial charge in [-0.2, -0.15) is 0 Å². The van der Waals surface area contributed by atoms with Crippen molar-refractivity contribution in [1.82, 2.24) is 4.90 Å². The molecule has 0 saturated heterocycles. The van der Waals surface area contributed by atoms with Gasteiger partial charge in [0.2, 0.25) is 0 Å². The highest BCUT2D eigenvalue weighted by Crippen LogP contribution is 2.26. The molecule has 0 aliphatic rings. The lowest BCUT2D eigenvalue weighted by atomic mass is 10.1. The molecule has 1 unspecified atom stereocenters. The molecule has 1 aromatic rings. The molecule has 0 radical (unpaired) electrons. The quantitative estimate of drug-likeness (QED) is 0.634. The summed E-state index contributed by atoms with van der Waals surface area (Å²) in [5, 5.41) is 14.0. The van der Waals surface area contributed by atoms with Crippen LogP contribution in [0.5, 0.6) is 0 Å². The van der Waals surface area contributed by atoms with E-state index in [0.717, 1.165) is 0 Å². The van der Waals surface area contributed by atoms with Crippen LogP contribution in [-0.2, 0) is 4.74 Å². The third kappa shape index (κ3) is 3.92. The summed E-state index contributed by atoms with van der Waals surface area (Å²) in [7, 11) is 4.76. The number of carbonyl (C=O) groups excluding carboxylic acids is 1. The van der Waals surface area contributed by atoms with Gasteiger partial charge in [-0.1, -0.05) is 0 Å². The molecule has 0 fully saturated rings. The van der Waals surface area contributed by atoms with E-state index in [1.54, 1.807) is 27.3 Å². The topological polar surface area (TPSA) is 84.7 Å². The van der Waals surface area contributed by atoms with Crippen molar-refractivity contribution in [3.8, 4) is 0 Å². The molecular weight excluding hydrogens is 262 g/mol. The average molecular weight is 281 g/mol. The summed E-state index contributed by atoms with van der Waals surface area (Å²) in [5.74, 6) is -0.273. The second-order valence-electron chi connectivity index (χ2n) is 4.62. The molecule has 110 valence electrons. The van der Waals surface area contributed by atoms with E-state index in [0.29, 0.717) is 12.2 Å². The van der Waals surface area contributed by atoms with Crippen LogP contribution >= 0.6 is 0 Å². The molecule has 7 nitrogen and oxygen atoms in total. The summed E-state index contributed by atoms with van der Waals surface area (Å²) < 4.78 is 5.07. The van der Waals surface area contributed by atoms with Crippen molar-refractivity contribution >= 4 is 17.3 Å². The Morgan fingerprint density at radius 1 is 1.50 bits per heavy atom. The Kier molecular flexibility index (Phi) is 5.45. The second-order valence-corrected chi connectivity index (χ2v) is 4.62. The molecule has 0 spiro atoms. The van der Waals surface area contributed by atoms with Crippen LogP contribution in [0.1, 0.15) is 17.3 Å². The van der Waals surface area contributed by atoms with Crippen molar-refractivity contribution in [3.63, 3.8) is 0 Å². The molecular formula is C13H19N3O4. The van der Waals surface area contributed by atoms with Crippen LogP contribution in [0.25, 0.3) is 0 Å². The highest BCUT2D eigenvalue weighted by Gasteiger charge is 2.18. The summed E-state index contributed by atoms with van der Waals surface area (Å²) >= 11 is 0. The number of nitro groups is 1. The van der Waals surface area contributed by atoms with Crippen molar-refractivity contribution in [3.05, 3.63) is 33.9 Å². The van der Waals surface area contributed by atoms with Gasteiger partial charge in [-0.05, 0) is 19.1 Å². The highest BCUT2D eigenvalue weighted by molar-refractivity contribution is 5.95. The molecule has 1 atom stereocenters. The average Bonchev–Trinajstić information content (AvgIpc) is 2.43. The predicted molar refractivity (Wildman–Crippen MR) is 76.1 cm³/mol. The fraction of sp³-hybridized carbons (Fsp3) is 0.462. The molecule has 1 aromatic carbocycles. The number of hydrogen-bond acceptors (Lipinski definition) is 5. The molecule has 0 heterocycles. The number of rotatable bonds is 6. The zero-order chi connectivity index (χ0) is 15.3. The SMILES string of the molecule is COC(C)CNc1ccc(C(=O)N(C)C)cc1[N+](=O)[O-]. The fourth-order valence-electron chi connectivity index (χ4n) is 1.56. The standard InChI is InChI=1S/C13H19N3O4/c1-9(20-4)8-14-11-6-5-10(13(17)15(2)3)7-12(11)16(18)19/h5-7,9,14H,8H2,1-4H3. The monoisotopic (exact) mass is 281 g/mol. The molecule has 0 aliphatic carbocycles. The van der Waals surface area contributed by atoms with Crippen molar-refractivity contribution in [2.24, 2.45) is 0 Å². The Bertz CT molecular complexity index is 502. The van der Waals surface area contributed by atoms with Crippen LogP contribution in [0.2, 0.25) is 0 Å². The lowest BCUT2D eigenvalue weighted by molar-refractivity contribution is -0.384. The molecule has 0 saturated carbocycles. The van der Waals surface area contributed by atoms with Gasteiger partial charge in [0.15, 0.2) is 0 Å². The Hall–Kier alpha value is -2.15. The van der Waals surface area contributed by atoms with E-state index in [1.165, 1.54) is 17.0 Å². The molecule has 20 heavy (non-hydrogen) atoms. The Morgan fingerprint density at radius 3 is 2.65 bits per heavy atom. The van der Waals surface area contributed by atoms with E-state index in [4.69, 9.17) is 4.74 Å². The van der Waals surface area contributed by atoms with E-state index < -0.39 is 4.92 Å². The number of methoxy groups -OCH3 is 1. The van der Waals surface area contributed by atoms with Gasteiger partial charge in [-0.25, -0.2) is 0 Å². The molecule has 0 bridgehead atoms. The van der Waals surface area contributed by atoms with Crippen LogP contribution in [0.15, 0.2) is 18.2 Å². The van der Waals surface area contributed by atoms with Gasteiger partial charge < -0.3 is 15.0 Å². The van der Waals surface area contributed by atoms with Gasteiger partial charge in [0.05, 0.1) is 11.0 Å². The molecule has 0 aromatic heterocycles. The van der Waals surface area contributed by atoms with E-state index >= 15 is 0 Å². The normalized spacial score (nSPS) is 11.8. The number of nitrogens with zero attached hydrogens (tertiary/aromatic N) is 2. The molecule has 1 N–H and O–H groups in total. The fourth-order valence-corrected chi connectivity index (χ4v) is 1.56. The minimum absolute atomic E-state index is 0.0716. The van der Waals surface area contributed by atoms with E-state index in [-0.39, 0.29) is 23.3 Å². The lowest BCUT2D eigenvalue weighted by Gasteiger charge is -2.14. The molecule has 1 rings (SSSR count). The summed E-state index contributed by atoms with van der Waals surface area (Å²) in [6.07, 6.45) is -0.0716. The number of nitrogens with one attached hydrogen (secondary N) is 1. The Morgan fingerprint density at radius 2 is 2.15 bits per heavy atom. The highest BCUT2D eigenvalue weighted by atomic mass is 16.6. The van der Waals surface area contributed by atoms with Crippen molar-refractivity contribution in [2.75, 3.05) is 33.1 Å². The number of amides is 1. The number of ether oxygens (including phenoxy) is 1. The maximum atomic E-state index is 11.8. The first-order valence-electron chi connectivity index (χ1n) is 6.13. The lowest BCUT2D eigenvalue weighted by Crippen LogP contribution is -2.22. The first kappa shape index (κ1) is 15.9. The smallest absolute Gasteiger partial charge is 0.293 e. The van der Waals surface area contributed by atoms with E-state index in [9.17, 15) is 14.9 Å². The van der Waals surface area contributed by atoms with Crippen LogP contribution in [0.3, 0.4) is 0 Å². The van der Waals surface area contributed by atoms with E-state index in [1.807, 2.05) is 6.92 Å². The minimum atomic E-state index is -0.508. The zero-order valence-corrected chi connectivity index (χ0v) is 12.0. The van der Waals surface area contributed by atoms with Crippen LogP contribution in [0.4, 0.5) is 11.4 Å². The predicted octanol–water partition coefficient (Wildman–Crippen LogP) is 1.74. The van der Waals surface area contributed by atoms with E-state index in [2.05, 4.69) is 5.32 Å². The third-order valence-electron chi connectivity index (χ3n) is 2.83. The Labute approximate surface area is 117 Å². The number of benzene rings is 1. The van der Waals surface area contributed by atoms with Crippen molar-refractivity contribution in [1.29, 1.82) is 0 Å².